The summed E-state index contributed by atoms with van der Waals surface area (Å²) in [6, 6.07) is 4.39. The lowest BCUT2D eigenvalue weighted by Gasteiger charge is -2.22. The molecule has 4 aromatic rings. The van der Waals surface area contributed by atoms with Gasteiger partial charge in [0.05, 0.1) is 12.0 Å². The third kappa shape index (κ3) is 4.32. The smallest absolute Gasteiger partial charge is 0.232 e. The van der Waals surface area contributed by atoms with Crippen LogP contribution in [-0.2, 0) is 7.05 Å². The summed E-state index contributed by atoms with van der Waals surface area (Å²) >= 11 is 1.16. The number of hydrogen-bond acceptors (Lipinski definition) is 7. The van der Waals surface area contributed by atoms with E-state index in [0.29, 0.717) is 34.9 Å². The van der Waals surface area contributed by atoms with Gasteiger partial charge < -0.3 is 14.8 Å². The fourth-order valence-corrected chi connectivity index (χ4v) is 4.83. The molecule has 11 heteroatoms. The zero-order valence-corrected chi connectivity index (χ0v) is 21.0. The van der Waals surface area contributed by atoms with Gasteiger partial charge in [-0.2, -0.15) is 10.1 Å². The quantitative estimate of drug-likeness (QED) is 0.288. The third-order valence-electron chi connectivity index (χ3n) is 6.61. The molecule has 0 saturated heterocycles. The number of nitrogens with zero attached hydrogens (tertiary/aromatic N) is 6. The Morgan fingerprint density at radius 2 is 1.86 bits per heavy atom. The van der Waals surface area contributed by atoms with Crippen molar-refractivity contribution >= 4 is 35.0 Å². The van der Waals surface area contributed by atoms with E-state index in [0.717, 1.165) is 35.9 Å². The summed E-state index contributed by atoms with van der Waals surface area (Å²) in [5.41, 5.74) is 3.50. The number of thioether (sulfide) groups is 1. The van der Waals surface area contributed by atoms with E-state index < -0.39 is 11.6 Å². The number of nitrogens with one attached hydrogen (secondary N) is 2. The second-order valence-electron chi connectivity index (χ2n) is 9.44. The Balaban J connectivity index is 1.47. The lowest BCUT2D eigenvalue weighted by atomic mass is 10.1. The van der Waals surface area contributed by atoms with Crippen molar-refractivity contribution in [3.05, 3.63) is 53.6 Å². The number of hydrogen-bond donors (Lipinski definition) is 2. The molecule has 3 heterocycles. The van der Waals surface area contributed by atoms with Crippen molar-refractivity contribution in [3.63, 3.8) is 0 Å². The molecule has 6 rings (SSSR count). The van der Waals surface area contributed by atoms with E-state index in [1.807, 2.05) is 23.9 Å². The van der Waals surface area contributed by atoms with E-state index >= 15 is 4.39 Å². The monoisotopic (exact) mass is 508 g/mol. The molecule has 0 unspecified atom stereocenters. The van der Waals surface area contributed by atoms with E-state index in [-0.39, 0.29) is 16.5 Å². The Morgan fingerprint density at radius 3 is 2.53 bits per heavy atom. The van der Waals surface area contributed by atoms with Gasteiger partial charge in [0, 0.05) is 54.5 Å². The highest BCUT2D eigenvalue weighted by Crippen LogP contribution is 2.48. The number of aromatic nitrogens is 6. The largest absolute Gasteiger partial charge is 0.340 e. The second-order valence-corrected chi connectivity index (χ2v) is 10.3. The number of aromatic amines is 1. The molecule has 0 aliphatic heterocycles. The number of imidazole rings is 1. The summed E-state index contributed by atoms with van der Waals surface area (Å²) < 4.78 is 31.4. The van der Waals surface area contributed by atoms with Crippen molar-refractivity contribution in [3.8, 4) is 11.4 Å². The molecule has 0 atom stereocenters. The Morgan fingerprint density at radius 1 is 1.08 bits per heavy atom. The van der Waals surface area contributed by atoms with Gasteiger partial charge in [-0.1, -0.05) is 0 Å². The van der Waals surface area contributed by atoms with Crippen LogP contribution in [0.15, 0.2) is 35.6 Å². The first-order valence-corrected chi connectivity index (χ1v) is 13.1. The maximum Gasteiger partial charge on any atom is 0.232 e. The van der Waals surface area contributed by atoms with Crippen molar-refractivity contribution in [2.45, 2.75) is 42.4 Å². The number of benzene rings is 1. The normalized spacial score (nSPS) is 15.4. The van der Waals surface area contributed by atoms with Crippen LogP contribution in [0.1, 0.15) is 48.8 Å². The number of halogens is 2. The first-order valence-electron chi connectivity index (χ1n) is 11.9. The molecule has 2 N–H and O–H groups in total. The van der Waals surface area contributed by atoms with Crippen molar-refractivity contribution < 1.29 is 8.78 Å². The minimum Gasteiger partial charge on any atom is -0.340 e. The summed E-state index contributed by atoms with van der Waals surface area (Å²) in [4.78, 5) is 15.9. The van der Waals surface area contributed by atoms with Crippen LogP contribution in [-0.4, -0.2) is 43.0 Å². The summed E-state index contributed by atoms with van der Waals surface area (Å²) in [5, 5.41) is 10.9. The van der Waals surface area contributed by atoms with Crippen molar-refractivity contribution in [1.29, 1.82) is 0 Å². The number of H-pyrrole nitrogens is 1. The van der Waals surface area contributed by atoms with E-state index in [9.17, 15) is 4.39 Å². The molecule has 8 nitrogen and oxygen atoms in total. The van der Waals surface area contributed by atoms with Gasteiger partial charge in [-0.3, -0.25) is 5.10 Å². The van der Waals surface area contributed by atoms with Crippen LogP contribution in [0, 0.1) is 11.6 Å². The molecule has 1 aromatic carbocycles. The third-order valence-corrected chi connectivity index (χ3v) is 7.36. The molecule has 2 aliphatic rings. The van der Waals surface area contributed by atoms with Crippen LogP contribution in [0.3, 0.4) is 0 Å². The first kappa shape index (κ1) is 23.0. The zero-order valence-electron chi connectivity index (χ0n) is 20.2. The molecule has 2 saturated carbocycles. The number of anilines is 4. The molecule has 0 amide bonds. The summed E-state index contributed by atoms with van der Waals surface area (Å²) in [7, 11) is 3.53. The first-order chi connectivity index (χ1) is 17.4. The highest BCUT2D eigenvalue weighted by atomic mass is 32.2. The summed E-state index contributed by atoms with van der Waals surface area (Å²) in [6.45, 7) is 0. The minimum atomic E-state index is -0.548. The predicted molar refractivity (Wildman–Crippen MR) is 136 cm³/mol. The van der Waals surface area contributed by atoms with Gasteiger partial charge in [0.25, 0.3) is 0 Å². The van der Waals surface area contributed by atoms with Gasteiger partial charge in [-0.05, 0) is 43.9 Å². The fourth-order valence-electron chi connectivity index (χ4n) is 4.36. The van der Waals surface area contributed by atoms with E-state index in [4.69, 9.17) is 9.97 Å². The van der Waals surface area contributed by atoms with Crippen molar-refractivity contribution in [1.82, 2.24) is 29.7 Å². The van der Waals surface area contributed by atoms with Crippen LogP contribution in [0.25, 0.3) is 11.4 Å². The van der Waals surface area contributed by atoms with Crippen LogP contribution < -0.4 is 10.2 Å². The molecule has 36 heavy (non-hydrogen) atoms. The molecular formula is C25H26F2N8S. The molecule has 0 radical (unpaired) electrons. The molecule has 0 spiro atoms. The van der Waals surface area contributed by atoms with E-state index in [1.54, 1.807) is 19.6 Å². The van der Waals surface area contributed by atoms with Crippen LogP contribution in [0.5, 0.6) is 0 Å². The van der Waals surface area contributed by atoms with Gasteiger partial charge in [0.1, 0.15) is 28.8 Å². The number of rotatable bonds is 8. The van der Waals surface area contributed by atoms with Gasteiger partial charge >= 0.3 is 0 Å². The van der Waals surface area contributed by atoms with Crippen LogP contribution >= 0.6 is 11.8 Å². The molecule has 186 valence electrons. The highest BCUT2D eigenvalue weighted by Gasteiger charge is 2.33. The fraction of sp³-hybridized carbons (Fsp3) is 0.360. The van der Waals surface area contributed by atoms with Gasteiger partial charge in [0.2, 0.25) is 5.95 Å². The van der Waals surface area contributed by atoms with Gasteiger partial charge in [0.15, 0.2) is 5.82 Å². The van der Waals surface area contributed by atoms with Gasteiger partial charge in [-0.15, -0.1) is 11.8 Å². The summed E-state index contributed by atoms with van der Waals surface area (Å²) in [5.74, 6) is 1.29. The standard InChI is InChI=1S/C25H26F2N8S/c1-34-11-18(28-12-34)23-22(14-6-7-14)24(29-21-10-17(32-33-21)13-4-5-13)31-25(30-23)35(2)19-8-16(27)20(36-3)9-15(19)26/h8-14H,4-7H2,1-3H3,(H2,29,30,31,32,33). The zero-order chi connectivity index (χ0) is 25.0. The number of aryl methyl sites for hydroxylation is 1. The lowest BCUT2D eigenvalue weighted by Crippen LogP contribution is -2.17. The van der Waals surface area contributed by atoms with E-state index in [2.05, 4.69) is 20.5 Å². The topological polar surface area (TPSA) is 87.5 Å². The Hall–Kier alpha value is -3.47. The maximum absolute atomic E-state index is 15.0. The highest BCUT2D eigenvalue weighted by molar-refractivity contribution is 7.98. The van der Waals surface area contributed by atoms with E-state index in [1.165, 1.54) is 29.9 Å². The maximum atomic E-state index is 15.0. The van der Waals surface area contributed by atoms with Crippen LogP contribution in [0.2, 0.25) is 0 Å². The molecule has 2 aliphatic carbocycles. The Kier molecular flexibility index (Phi) is 5.66. The SMILES string of the molecule is CSc1cc(F)c(N(C)c2nc(Nc3cc(C4CC4)[nH]n3)c(C3CC3)c(-c3cn(C)cn3)n2)cc1F. The molecule has 0 bridgehead atoms. The average Bonchev–Trinajstić information content (AvgIpc) is 3.80. The van der Waals surface area contributed by atoms with Crippen LogP contribution in [0.4, 0.5) is 32.1 Å². The Bertz CT molecular complexity index is 1440. The lowest BCUT2D eigenvalue weighted by molar-refractivity contribution is 0.577. The van der Waals surface area contributed by atoms with Crippen molar-refractivity contribution in [2.75, 3.05) is 23.5 Å². The van der Waals surface area contributed by atoms with Gasteiger partial charge in [-0.25, -0.2) is 18.7 Å². The minimum absolute atomic E-state index is 0.0539. The second kappa shape index (κ2) is 8.88. The molecule has 2 fully saturated rings. The summed E-state index contributed by atoms with van der Waals surface area (Å²) in [6.07, 6.45) is 9.71. The Labute approximate surface area is 211 Å². The predicted octanol–water partition coefficient (Wildman–Crippen LogP) is 5.87. The van der Waals surface area contributed by atoms with Crippen molar-refractivity contribution in [2.24, 2.45) is 7.05 Å². The molecular weight excluding hydrogens is 482 g/mol. The average molecular weight is 509 g/mol. The molecule has 3 aromatic heterocycles.